The molecule has 0 bridgehead atoms. The van der Waals surface area contributed by atoms with Crippen LogP contribution in [0.15, 0.2) is 30.3 Å². The number of hydrogen-bond donors (Lipinski definition) is 1. The fourth-order valence-corrected chi connectivity index (χ4v) is 2.40. The van der Waals surface area contributed by atoms with Gasteiger partial charge in [0.05, 0.1) is 5.69 Å². The third-order valence-electron chi connectivity index (χ3n) is 3.82. The molecule has 3 rings (SSSR count). The van der Waals surface area contributed by atoms with Crippen molar-refractivity contribution in [3.63, 3.8) is 0 Å². The van der Waals surface area contributed by atoms with Crippen molar-refractivity contribution >= 4 is 0 Å². The highest BCUT2D eigenvalue weighted by Crippen LogP contribution is 2.30. The predicted octanol–water partition coefficient (Wildman–Crippen LogP) is 1.20. The van der Waals surface area contributed by atoms with Gasteiger partial charge in [0.25, 0.3) is 0 Å². The molecule has 1 saturated heterocycles. The first-order chi connectivity index (χ1) is 8.83. The summed E-state index contributed by atoms with van der Waals surface area (Å²) in [6, 6.07) is 10.1. The Balaban J connectivity index is 1.88. The number of benzene rings is 1. The van der Waals surface area contributed by atoms with Gasteiger partial charge in [-0.2, -0.15) is 4.68 Å². The minimum absolute atomic E-state index is 0.335. The number of hydrogen-bond acceptors (Lipinski definition) is 4. The van der Waals surface area contributed by atoms with Crippen LogP contribution in [0.2, 0.25) is 0 Å². The number of rotatable bonds is 4. The monoisotopic (exact) mass is 243 g/mol. The largest absolute Gasteiger partial charge is 0.316 e. The first kappa shape index (κ1) is 11.3. The molecule has 2 heterocycles. The predicted molar refractivity (Wildman–Crippen MR) is 68.5 cm³/mol. The summed E-state index contributed by atoms with van der Waals surface area (Å²) in [5.41, 5.74) is 1.36. The van der Waals surface area contributed by atoms with Crippen LogP contribution in [0.1, 0.15) is 19.2 Å². The van der Waals surface area contributed by atoms with Gasteiger partial charge in [0, 0.05) is 24.9 Å². The van der Waals surface area contributed by atoms with E-state index in [1.165, 1.54) is 0 Å². The van der Waals surface area contributed by atoms with Crippen LogP contribution in [0.3, 0.4) is 0 Å². The molecule has 1 aliphatic heterocycles. The van der Waals surface area contributed by atoms with Crippen molar-refractivity contribution < 1.29 is 0 Å². The average molecular weight is 243 g/mol. The van der Waals surface area contributed by atoms with E-state index >= 15 is 0 Å². The summed E-state index contributed by atoms with van der Waals surface area (Å²) >= 11 is 0. The van der Waals surface area contributed by atoms with Crippen molar-refractivity contribution in [2.45, 2.75) is 19.8 Å². The van der Waals surface area contributed by atoms with Crippen LogP contribution < -0.4 is 5.32 Å². The summed E-state index contributed by atoms with van der Waals surface area (Å²) in [5, 5.41) is 15.4. The highest BCUT2D eigenvalue weighted by atomic mass is 15.5. The van der Waals surface area contributed by atoms with E-state index in [-0.39, 0.29) is 0 Å². The van der Waals surface area contributed by atoms with Crippen molar-refractivity contribution in [1.29, 1.82) is 0 Å². The molecule has 0 aliphatic carbocycles. The summed E-state index contributed by atoms with van der Waals surface area (Å²) in [5.74, 6) is 0.949. The van der Waals surface area contributed by atoms with E-state index in [1.807, 2.05) is 35.0 Å². The second-order valence-electron chi connectivity index (χ2n) is 4.98. The summed E-state index contributed by atoms with van der Waals surface area (Å²) in [4.78, 5) is 0. The van der Waals surface area contributed by atoms with Crippen molar-refractivity contribution in [3.8, 4) is 5.69 Å². The maximum absolute atomic E-state index is 4.18. The second kappa shape index (κ2) is 4.49. The smallest absolute Gasteiger partial charge is 0.157 e. The zero-order chi connectivity index (χ0) is 12.4. The fourth-order valence-electron chi connectivity index (χ4n) is 2.40. The lowest BCUT2D eigenvalue weighted by Crippen LogP contribution is -2.54. The Hall–Kier alpha value is -1.75. The van der Waals surface area contributed by atoms with Crippen molar-refractivity contribution in [3.05, 3.63) is 36.2 Å². The van der Waals surface area contributed by atoms with Crippen molar-refractivity contribution in [2.75, 3.05) is 13.1 Å². The lowest BCUT2D eigenvalue weighted by molar-refractivity contribution is 0.156. The Bertz CT molecular complexity index is 510. The maximum atomic E-state index is 4.18. The third-order valence-corrected chi connectivity index (χ3v) is 3.82. The molecule has 0 radical (unpaired) electrons. The summed E-state index contributed by atoms with van der Waals surface area (Å²) in [6.45, 7) is 4.35. The second-order valence-corrected chi connectivity index (χ2v) is 4.98. The standard InChI is InChI=1S/C13H17N5/c1-2-13(9-14-10-13)8-12-15-16-17-18(12)11-6-4-3-5-7-11/h3-7,14H,2,8-10H2,1H3. The summed E-state index contributed by atoms with van der Waals surface area (Å²) < 4.78 is 1.84. The Morgan fingerprint density at radius 1 is 1.28 bits per heavy atom. The molecular formula is C13H17N5. The Labute approximate surface area is 106 Å². The third kappa shape index (κ3) is 1.90. The van der Waals surface area contributed by atoms with E-state index in [0.717, 1.165) is 37.4 Å². The topological polar surface area (TPSA) is 55.6 Å². The molecule has 2 aromatic rings. The first-order valence-corrected chi connectivity index (χ1v) is 6.36. The van der Waals surface area contributed by atoms with Crippen LogP contribution >= 0.6 is 0 Å². The molecule has 1 aromatic heterocycles. The van der Waals surface area contributed by atoms with Gasteiger partial charge in [-0.15, -0.1) is 5.10 Å². The SMILES string of the molecule is CCC1(Cc2nnnn2-c2ccccc2)CNC1. The Kier molecular flexibility index (Phi) is 2.83. The van der Waals surface area contributed by atoms with Crippen molar-refractivity contribution in [1.82, 2.24) is 25.5 Å². The molecule has 0 spiro atoms. The molecule has 1 N–H and O–H groups in total. The number of nitrogens with one attached hydrogen (secondary N) is 1. The zero-order valence-corrected chi connectivity index (χ0v) is 10.5. The first-order valence-electron chi connectivity index (χ1n) is 6.36. The molecule has 0 amide bonds. The lowest BCUT2D eigenvalue weighted by atomic mass is 9.76. The van der Waals surface area contributed by atoms with Crippen LogP contribution in [0.5, 0.6) is 0 Å². The molecule has 0 atom stereocenters. The molecule has 5 heteroatoms. The van der Waals surface area contributed by atoms with Gasteiger partial charge in [-0.05, 0) is 29.0 Å². The van der Waals surface area contributed by atoms with Crippen molar-refractivity contribution in [2.24, 2.45) is 5.41 Å². The molecule has 94 valence electrons. The number of para-hydroxylation sites is 1. The maximum Gasteiger partial charge on any atom is 0.157 e. The van der Waals surface area contributed by atoms with Gasteiger partial charge < -0.3 is 5.32 Å². The summed E-state index contributed by atoms with van der Waals surface area (Å²) in [7, 11) is 0. The van der Waals surface area contributed by atoms with Gasteiger partial charge in [-0.1, -0.05) is 25.1 Å². The Morgan fingerprint density at radius 2 is 2.06 bits per heavy atom. The molecule has 0 unspecified atom stereocenters. The minimum atomic E-state index is 0.335. The van der Waals surface area contributed by atoms with Gasteiger partial charge >= 0.3 is 0 Å². The average Bonchev–Trinajstić information content (AvgIpc) is 2.83. The molecule has 1 aliphatic rings. The highest BCUT2D eigenvalue weighted by Gasteiger charge is 2.36. The van der Waals surface area contributed by atoms with Gasteiger partial charge in [-0.25, -0.2) is 0 Å². The van der Waals surface area contributed by atoms with E-state index < -0.39 is 0 Å². The number of tetrazole rings is 1. The van der Waals surface area contributed by atoms with Gasteiger partial charge in [0.1, 0.15) is 0 Å². The van der Waals surface area contributed by atoms with E-state index in [4.69, 9.17) is 0 Å². The van der Waals surface area contributed by atoms with Crippen LogP contribution in [0.4, 0.5) is 0 Å². The van der Waals surface area contributed by atoms with Gasteiger partial charge in [-0.3, -0.25) is 0 Å². The van der Waals surface area contributed by atoms with Gasteiger partial charge in [0.15, 0.2) is 5.82 Å². The molecule has 1 fully saturated rings. The van der Waals surface area contributed by atoms with E-state index in [1.54, 1.807) is 0 Å². The molecular weight excluding hydrogens is 226 g/mol. The van der Waals surface area contributed by atoms with E-state index in [0.29, 0.717) is 5.41 Å². The van der Waals surface area contributed by atoms with Crippen LogP contribution in [-0.2, 0) is 6.42 Å². The van der Waals surface area contributed by atoms with Crippen LogP contribution in [0.25, 0.3) is 5.69 Å². The molecule has 18 heavy (non-hydrogen) atoms. The minimum Gasteiger partial charge on any atom is -0.316 e. The normalized spacial score (nSPS) is 17.4. The highest BCUT2D eigenvalue weighted by molar-refractivity contribution is 5.30. The zero-order valence-electron chi connectivity index (χ0n) is 10.5. The van der Waals surface area contributed by atoms with E-state index in [2.05, 4.69) is 27.8 Å². The quantitative estimate of drug-likeness (QED) is 0.876. The molecule has 1 aromatic carbocycles. The summed E-state index contributed by atoms with van der Waals surface area (Å²) in [6.07, 6.45) is 2.08. The number of aromatic nitrogens is 4. The van der Waals surface area contributed by atoms with Crippen LogP contribution in [-0.4, -0.2) is 33.3 Å². The Morgan fingerprint density at radius 3 is 2.67 bits per heavy atom. The van der Waals surface area contributed by atoms with Crippen LogP contribution in [0, 0.1) is 5.41 Å². The van der Waals surface area contributed by atoms with E-state index in [9.17, 15) is 0 Å². The van der Waals surface area contributed by atoms with Gasteiger partial charge in [0.2, 0.25) is 0 Å². The fraction of sp³-hybridized carbons (Fsp3) is 0.462. The molecule has 0 saturated carbocycles. The molecule has 5 nitrogen and oxygen atoms in total. The lowest BCUT2D eigenvalue weighted by Gasteiger charge is -2.41. The number of nitrogens with zero attached hydrogens (tertiary/aromatic N) is 4.